The molecule has 0 spiro atoms. The Hall–Kier alpha value is -2.29. The van der Waals surface area contributed by atoms with Gasteiger partial charge in [-0.3, -0.25) is 0 Å². The van der Waals surface area contributed by atoms with Crippen LogP contribution in [0.2, 0.25) is 0 Å². The zero-order valence-electron chi connectivity index (χ0n) is 16.2. The number of hydrogen-bond donors (Lipinski definition) is 0. The van der Waals surface area contributed by atoms with Gasteiger partial charge in [0.25, 0.3) is 0 Å². The van der Waals surface area contributed by atoms with Gasteiger partial charge in [-0.05, 0) is 85.6 Å². The largest absolute Gasteiger partial charge is 0.550 e. The smallest absolute Gasteiger partial charge is 0.127 e. The molecule has 4 atom stereocenters. The average Bonchev–Trinajstić information content (AvgIpc) is 3.11. The van der Waals surface area contributed by atoms with Gasteiger partial charge in [0.2, 0.25) is 0 Å². The summed E-state index contributed by atoms with van der Waals surface area (Å²) in [7, 11) is 0. The van der Waals surface area contributed by atoms with E-state index in [0.29, 0.717) is 11.8 Å². The fourth-order valence-corrected chi connectivity index (χ4v) is 6.67. The van der Waals surface area contributed by atoms with Crippen LogP contribution in [0.4, 0.5) is 0 Å². The molecule has 3 nitrogen and oxygen atoms in total. The molecule has 146 valence electrons. The number of fused-ring (bicyclic) bond motifs is 6. The second-order valence-corrected chi connectivity index (χ2v) is 9.25. The molecular weight excluding hydrogens is 348 g/mol. The van der Waals surface area contributed by atoms with Crippen molar-refractivity contribution in [3.63, 3.8) is 0 Å². The standard InChI is InChI=1S/C25H28O3/c26-23(27)25-12-5-7-19(17-25)20-11-13-24(25,16-20)15-18-6-4-10-22(14-18)28-21-8-2-1-3-9-21/h1-4,6,8-10,14,19-20H,5,7,11-13,15-17H2,(H,26,27)/p-1/t19-,20+,24-,25?/m1/s1. The van der Waals surface area contributed by atoms with Gasteiger partial charge < -0.3 is 14.6 Å². The Morgan fingerprint density at radius 1 is 0.964 bits per heavy atom. The molecule has 2 aromatic carbocycles. The van der Waals surface area contributed by atoms with Gasteiger partial charge in [-0.15, -0.1) is 0 Å². The fraction of sp³-hybridized carbons (Fsp3) is 0.480. The van der Waals surface area contributed by atoms with E-state index in [4.69, 9.17) is 4.74 Å². The molecule has 1 unspecified atom stereocenters. The normalized spacial score (nSPS) is 33.4. The van der Waals surface area contributed by atoms with Gasteiger partial charge in [0.05, 0.1) is 0 Å². The van der Waals surface area contributed by atoms with Crippen LogP contribution in [0.5, 0.6) is 11.5 Å². The molecule has 3 saturated carbocycles. The Balaban J connectivity index is 1.45. The highest BCUT2D eigenvalue weighted by atomic mass is 16.5. The van der Waals surface area contributed by atoms with Gasteiger partial charge in [0.1, 0.15) is 11.5 Å². The van der Waals surface area contributed by atoms with Crippen LogP contribution in [0.25, 0.3) is 0 Å². The minimum absolute atomic E-state index is 0.154. The Kier molecular flexibility index (Phi) is 4.22. The van der Waals surface area contributed by atoms with Crippen molar-refractivity contribution in [1.82, 2.24) is 0 Å². The molecule has 0 aromatic heterocycles. The lowest BCUT2D eigenvalue weighted by Crippen LogP contribution is -2.58. The lowest BCUT2D eigenvalue weighted by Gasteiger charge is -2.57. The van der Waals surface area contributed by atoms with Crippen molar-refractivity contribution in [2.45, 2.75) is 51.4 Å². The van der Waals surface area contributed by atoms with E-state index in [-0.39, 0.29) is 5.41 Å². The van der Waals surface area contributed by atoms with Gasteiger partial charge in [-0.2, -0.15) is 0 Å². The van der Waals surface area contributed by atoms with Crippen molar-refractivity contribution in [1.29, 1.82) is 0 Å². The first kappa shape index (κ1) is 17.8. The molecule has 2 aromatic rings. The topological polar surface area (TPSA) is 49.4 Å². The van der Waals surface area contributed by atoms with Crippen LogP contribution < -0.4 is 9.84 Å². The Morgan fingerprint density at radius 3 is 2.57 bits per heavy atom. The molecule has 0 radical (unpaired) electrons. The van der Waals surface area contributed by atoms with Crippen molar-refractivity contribution < 1.29 is 14.6 Å². The number of carboxylic acids is 1. The summed E-state index contributed by atoms with van der Waals surface area (Å²) in [6, 6.07) is 18.0. The first-order valence-corrected chi connectivity index (χ1v) is 10.6. The van der Waals surface area contributed by atoms with Gasteiger partial charge in [-0.1, -0.05) is 43.2 Å². The van der Waals surface area contributed by atoms with Crippen LogP contribution in [0.3, 0.4) is 0 Å². The predicted octanol–water partition coefficient (Wildman–Crippen LogP) is 4.75. The molecule has 4 bridgehead atoms. The van der Waals surface area contributed by atoms with Crippen molar-refractivity contribution in [3.8, 4) is 11.5 Å². The summed E-state index contributed by atoms with van der Waals surface area (Å²) in [6.07, 6.45) is 7.93. The Bertz CT molecular complexity index is 876. The molecule has 0 saturated heterocycles. The van der Waals surface area contributed by atoms with Crippen LogP contribution in [0.1, 0.15) is 50.5 Å². The monoisotopic (exact) mass is 375 g/mol. The molecule has 3 aliphatic rings. The molecule has 3 fully saturated rings. The number of rotatable bonds is 5. The summed E-state index contributed by atoms with van der Waals surface area (Å²) >= 11 is 0. The SMILES string of the molecule is O=C([O-])C12CCC[C@H](C1)[C@H]1CC[C@@]2(Cc2cccc(Oc3ccccc3)c2)C1. The Labute approximate surface area is 166 Å². The molecule has 28 heavy (non-hydrogen) atoms. The summed E-state index contributed by atoms with van der Waals surface area (Å²) in [4.78, 5) is 12.4. The highest BCUT2D eigenvalue weighted by Gasteiger charge is 2.61. The maximum absolute atomic E-state index is 12.4. The van der Waals surface area contributed by atoms with Crippen molar-refractivity contribution in [2.75, 3.05) is 0 Å². The summed E-state index contributed by atoms with van der Waals surface area (Å²) < 4.78 is 6.01. The average molecular weight is 375 g/mol. The number of hydrogen-bond acceptors (Lipinski definition) is 3. The van der Waals surface area contributed by atoms with E-state index in [0.717, 1.165) is 50.0 Å². The molecule has 3 aliphatic carbocycles. The summed E-state index contributed by atoms with van der Waals surface area (Å²) in [6.45, 7) is 0. The summed E-state index contributed by atoms with van der Waals surface area (Å²) in [5.74, 6) is 2.13. The quantitative estimate of drug-likeness (QED) is 0.758. The van der Waals surface area contributed by atoms with E-state index in [1.165, 1.54) is 18.4 Å². The fourth-order valence-electron chi connectivity index (χ4n) is 6.67. The van der Waals surface area contributed by atoms with Gasteiger partial charge in [0.15, 0.2) is 0 Å². The minimum Gasteiger partial charge on any atom is -0.550 e. The molecule has 3 heteroatoms. The molecule has 0 amide bonds. The zero-order chi connectivity index (χ0) is 19.2. The predicted molar refractivity (Wildman–Crippen MR) is 106 cm³/mol. The van der Waals surface area contributed by atoms with Crippen molar-refractivity contribution in [3.05, 3.63) is 60.2 Å². The van der Waals surface area contributed by atoms with E-state index in [1.54, 1.807) is 0 Å². The minimum atomic E-state index is -0.797. The van der Waals surface area contributed by atoms with E-state index in [1.807, 2.05) is 42.5 Å². The van der Waals surface area contributed by atoms with Gasteiger partial charge in [0, 0.05) is 11.4 Å². The zero-order valence-corrected chi connectivity index (χ0v) is 16.2. The molecule has 5 rings (SSSR count). The van der Waals surface area contributed by atoms with Crippen LogP contribution in [0, 0.1) is 22.7 Å². The summed E-state index contributed by atoms with van der Waals surface area (Å²) in [5, 5.41) is 12.4. The second kappa shape index (κ2) is 6.65. The first-order valence-electron chi connectivity index (χ1n) is 10.6. The van der Waals surface area contributed by atoms with Gasteiger partial charge in [-0.25, -0.2) is 0 Å². The highest BCUT2D eigenvalue weighted by molar-refractivity contribution is 5.74. The number of ether oxygens (including phenoxy) is 1. The molecule has 0 aliphatic heterocycles. The lowest BCUT2D eigenvalue weighted by molar-refractivity contribution is -0.331. The third kappa shape index (κ3) is 2.75. The van der Waals surface area contributed by atoms with E-state index >= 15 is 0 Å². The number of carboxylic acid groups (broad SMARTS) is 1. The first-order chi connectivity index (χ1) is 13.6. The molecule has 0 N–H and O–H groups in total. The maximum Gasteiger partial charge on any atom is 0.127 e. The van der Waals surface area contributed by atoms with Crippen molar-refractivity contribution in [2.24, 2.45) is 22.7 Å². The second-order valence-electron chi connectivity index (χ2n) is 9.25. The van der Waals surface area contributed by atoms with Crippen LogP contribution in [-0.2, 0) is 11.2 Å². The van der Waals surface area contributed by atoms with Crippen molar-refractivity contribution >= 4 is 5.97 Å². The maximum atomic E-state index is 12.4. The molecular formula is C25H27O3-. The van der Waals surface area contributed by atoms with Gasteiger partial charge >= 0.3 is 0 Å². The number of para-hydroxylation sites is 1. The lowest BCUT2D eigenvalue weighted by atomic mass is 9.48. The van der Waals surface area contributed by atoms with Crippen LogP contribution in [0.15, 0.2) is 54.6 Å². The van der Waals surface area contributed by atoms with Crippen LogP contribution in [-0.4, -0.2) is 5.97 Å². The number of aliphatic carboxylic acids is 1. The number of carbonyl (C=O) groups excluding carboxylic acids is 1. The van der Waals surface area contributed by atoms with E-state index in [9.17, 15) is 9.90 Å². The third-order valence-corrected chi connectivity index (χ3v) is 7.93. The van der Waals surface area contributed by atoms with Crippen LogP contribution >= 0.6 is 0 Å². The third-order valence-electron chi connectivity index (χ3n) is 7.93. The number of benzene rings is 2. The highest BCUT2D eigenvalue weighted by Crippen LogP contribution is 2.68. The summed E-state index contributed by atoms with van der Waals surface area (Å²) in [5.41, 5.74) is 0.386. The number of carbonyl (C=O) groups is 1. The van der Waals surface area contributed by atoms with E-state index in [2.05, 4.69) is 12.1 Å². The molecule has 0 heterocycles. The van der Waals surface area contributed by atoms with E-state index < -0.39 is 11.4 Å². The Morgan fingerprint density at radius 2 is 1.75 bits per heavy atom.